The fraction of sp³-hybridized carbons (Fsp3) is 0.526. The number of amides is 2. The van der Waals surface area contributed by atoms with Crippen LogP contribution in [0.3, 0.4) is 0 Å². The number of carbonyl (C=O) groups excluding carboxylic acids is 3. The first-order valence-electron chi connectivity index (χ1n) is 8.61. The van der Waals surface area contributed by atoms with E-state index in [4.69, 9.17) is 9.47 Å². The number of esters is 1. The molecular weight excluding hydrogens is 352 g/mol. The van der Waals surface area contributed by atoms with Crippen molar-refractivity contribution in [1.29, 1.82) is 0 Å². The molecule has 0 bridgehead atoms. The van der Waals surface area contributed by atoms with E-state index >= 15 is 0 Å². The Hall–Kier alpha value is -2.61. The first-order chi connectivity index (χ1) is 12.6. The third kappa shape index (κ3) is 7.26. The molecule has 2 atom stereocenters. The fourth-order valence-electron chi connectivity index (χ4n) is 2.35. The summed E-state index contributed by atoms with van der Waals surface area (Å²) in [5, 5.41) is 12.1. The molecule has 0 aliphatic carbocycles. The lowest BCUT2D eigenvalue weighted by Gasteiger charge is -2.31. The van der Waals surface area contributed by atoms with Gasteiger partial charge in [-0.15, -0.1) is 0 Å². The van der Waals surface area contributed by atoms with Gasteiger partial charge in [0.2, 0.25) is 5.91 Å². The van der Waals surface area contributed by atoms with Crippen LogP contribution in [0.4, 0.5) is 4.79 Å². The van der Waals surface area contributed by atoms with Crippen LogP contribution in [0.2, 0.25) is 0 Å². The minimum absolute atomic E-state index is 0.0698. The molecule has 0 radical (unpaired) electrons. The Morgan fingerprint density at radius 3 is 2.26 bits per heavy atom. The van der Waals surface area contributed by atoms with E-state index in [1.54, 1.807) is 45.0 Å². The van der Waals surface area contributed by atoms with E-state index < -0.39 is 42.3 Å². The molecule has 1 rings (SSSR count). The van der Waals surface area contributed by atoms with Gasteiger partial charge in [-0.05, 0) is 33.3 Å². The van der Waals surface area contributed by atoms with E-state index in [9.17, 15) is 19.5 Å². The summed E-state index contributed by atoms with van der Waals surface area (Å²) in [4.78, 5) is 38.1. The van der Waals surface area contributed by atoms with Crippen molar-refractivity contribution in [3.8, 4) is 0 Å². The summed E-state index contributed by atoms with van der Waals surface area (Å²) >= 11 is 0. The van der Waals surface area contributed by atoms with E-state index in [0.717, 1.165) is 5.56 Å². The van der Waals surface area contributed by atoms with Gasteiger partial charge in [0.1, 0.15) is 11.6 Å². The van der Waals surface area contributed by atoms with Gasteiger partial charge in [0.15, 0.2) is 6.04 Å². The number of rotatable bonds is 7. The van der Waals surface area contributed by atoms with E-state index in [0.29, 0.717) is 0 Å². The number of carbonyl (C=O) groups is 3. The molecule has 0 unspecified atom stereocenters. The van der Waals surface area contributed by atoms with Gasteiger partial charge in [0.25, 0.3) is 0 Å². The molecule has 2 N–H and O–H groups in total. The van der Waals surface area contributed by atoms with E-state index in [2.05, 4.69) is 5.32 Å². The second kappa shape index (κ2) is 9.91. The summed E-state index contributed by atoms with van der Waals surface area (Å²) in [7, 11) is 1.18. The molecule has 8 nitrogen and oxygen atoms in total. The number of methoxy groups -OCH3 is 1. The molecular formula is C19H28N2O6. The number of nitrogens with one attached hydrogen (secondary N) is 1. The van der Waals surface area contributed by atoms with Gasteiger partial charge in [-0.2, -0.15) is 0 Å². The van der Waals surface area contributed by atoms with Gasteiger partial charge < -0.3 is 24.8 Å². The molecule has 0 spiro atoms. The molecule has 1 aromatic carbocycles. The lowest BCUT2D eigenvalue weighted by atomic mass is 10.1. The standard InChI is InChI=1S/C19H28N2O6/c1-13(20-18(25)27-19(2,3)4)16(23)21(15(12-22)17(24)26-5)11-14-9-7-6-8-10-14/h6-10,13,15,22H,11-12H2,1-5H3,(H,20,25)/t13-,15+/m0/s1. The van der Waals surface area contributed by atoms with Gasteiger partial charge in [0.05, 0.1) is 13.7 Å². The molecule has 1 aromatic rings. The van der Waals surface area contributed by atoms with Crippen LogP contribution >= 0.6 is 0 Å². The molecule has 2 amide bonds. The minimum Gasteiger partial charge on any atom is -0.467 e. The van der Waals surface area contributed by atoms with Crippen molar-refractivity contribution < 1.29 is 29.0 Å². The first kappa shape index (κ1) is 22.4. The molecule has 0 aromatic heterocycles. The predicted molar refractivity (Wildman–Crippen MR) is 98.7 cm³/mol. The average molecular weight is 380 g/mol. The number of hydrogen-bond donors (Lipinski definition) is 2. The Bertz CT molecular complexity index is 641. The van der Waals surface area contributed by atoms with E-state index in [-0.39, 0.29) is 6.54 Å². The van der Waals surface area contributed by atoms with Crippen molar-refractivity contribution >= 4 is 18.0 Å². The van der Waals surface area contributed by atoms with Gasteiger partial charge in [-0.25, -0.2) is 9.59 Å². The zero-order chi connectivity index (χ0) is 20.6. The Balaban J connectivity index is 3.00. The van der Waals surface area contributed by atoms with Crippen LogP contribution < -0.4 is 5.32 Å². The predicted octanol–water partition coefficient (Wildman–Crippen LogP) is 1.46. The largest absolute Gasteiger partial charge is 0.467 e. The summed E-state index contributed by atoms with van der Waals surface area (Å²) in [6, 6.07) is 6.84. The second-order valence-electron chi connectivity index (χ2n) is 7.04. The number of hydrogen-bond acceptors (Lipinski definition) is 6. The van der Waals surface area contributed by atoms with Crippen molar-refractivity contribution in [2.45, 2.75) is 51.9 Å². The lowest BCUT2D eigenvalue weighted by Crippen LogP contribution is -2.54. The summed E-state index contributed by atoms with van der Waals surface area (Å²) in [6.45, 7) is 6.07. The zero-order valence-corrected chi connectivity index (χ0v) is 16.4. The number of ether oxygens (including phenoxy) is 2. The van der Waals surface area contributed by atoms with Crippen LogP contribution in [0, 0.1) is 0 Å². The maximum atomic E-state index is 12.9. The SMILES string of the molecule is COC(=O)[C@@H](CO)N(Cc1ccccc1)C(=O)[C@H](C)NC(=O)OC(C)(C)C. The summed E-state index contributed by atoms with van der Waals surface area (Å²) in [5.74, 6) is -1.29. The maximum absolute atomic E-state index is 12.9. The third-order valence-electron chi connectivity index (χ3n) is 3.60. The second-order valence-corrected chi connectivity index (χ2v) is 7.04. The van der Waals surface area contributed by atoms with Crippen molar-refractivity contribution in [2.75, 3.05) is 13.7 Å². The Morgan fingerprint density at radius 2 is 1.78 bits per heavy atom. The minimum atomic E-state index is -1.19. The Kier molecular flexibility index (Phi) is 8.24. The molecule has 0 saturated heterocycles. The number of benzene rings is 1. The van der Waals surface area contributed by atoms with Gasteiger partial charge in [-0.1, -0.05) is 30.3 Å². The number of aliphatic hydroxyl groups is 1. The van der Waals surface area contributed by atoms with Crippen molar-refractivity contribution in [2.24, 2.45) is 0 Å². The highest BCUT2D eigenvalue weighted by Crippen LogP contribution is 2.13. The van der Waals surface area contributed by atoms with Crippen LogP contribution in [-0.4, -0.2) is 59.4 Å². The zero-order valence-electron chi connectivity index (χ0n) is 16.4. The highest BCUT2D eigenvalue weighted by atomic mass is 16.6. The molecule has 0 fully saturated rings. The quantitative estimate of drug-likeness (QED) is 0.694. The molecule has 27 heavy (non-hydrogen) atoms. The highest BCUT2D eigenvalue weighted by molar-refractivity contribution is 5.89. The maximum Gasteiger partial charge on any atom is 0.408 e. The number of nitrogens with zero attached hydrogens (tertiary/aromatic N) is 1. The normalized spacial score (nSPS) is 13.3. The molecule has 0 aliphatic heterocycles. The summed E-state index contributed by atoms with van der Waals surface area (Å²) < 4.78 is 9.84. The van der Waals surface area contributed by atoms with Crippen molar-refractivity contribution in [3.05, 3.63) is 35.9 Å². The van der Waals surface area contributed by atoms with Gasteiger partial charge >= 0.3 is 12.1 Å². The van der Waals surface area contributed by atoms with Crippen molar-refractivity contribution in [3.63, 3.8) is 0 Å². The van der Waals surface area contributed by atoms with Gasteiger partial charge in [-0.3, -0.25) is 4.79 Å². The van der Waals surface area contributed by atoms with Crippen LogP contribution in [0.1, 0.15) is 33.3 Å². The molecule has 0 aliphatic rings. The van der Waals surface area contributed by atoms with Crippen molar-refractivity contribution in [1.82, 2.24) is 10.2 Å². The van der Waals surface area contributed by atoms with E-state index in [1.807, 2.05) is 6.07 Å². The summed E-state index contributed by atoms with van der Waals surface area (Å²) in [6.07, 6.45) is -0.748. The molecule has 8 heteroatoms. The molecule has 0 saturated carbocycles. The third-order valence-corrected chi connectivity index (χ3v) is 3.60. The van der Waals surface area contributed by atoms with Gasteiger partial charge in [0, 0.05) is 6.54 Å². The van der Waals surface area contributed by atoms with Crippen LogP contribution in [-0.2, 0) is 25.6 Å². The molecule has 0 heterocycles. The number of alkyl carbamates (subject to hydrolysis) is 1. The lowest BCUT2D eigenvalue weighted by molar-refractivity contribution is -0.155. The fourth-order valence-corrected chi connectivity index (χ4v) is 2.35. The molecule has 150 valence electrons. The van der Waals surface area contributed by atoms with Crippen LogP contribution in [0.5, 0.6) is 0 Å². The topological polar surface area (TPSA) is 105 Å². The van der Waals surface area contributed by atoms with Crippen LogP contribution in [0.15, 0.2) is 30.3 Å². The smallest absolute Gasteiger partial charge is 0.408 e. The highest BCUT2D eigenvalue weighted by Gasteiger charge is 2.33. The van der Waals surface area contributed by atoms with E-state index in [1.165, 1.54) is 18.9 Å². The first-order valence-corrected chi connectivity index (χ1v) is 8.61. The van der Waals surface area contributed by atoms with Crippen LogP contribution in [0.25, 0.3) is 0 Å². The summed E-state index contributed by atoms with van der Waals surface area (Å²) in [5.41, 5.74) is 0.0497. The Labute approximate surface area is 159 Å². The number of aliphatic hydroxyl groups excluding tert-OH is 1. The average Bonchev–Trinajstić information content (AvgIpc) is 2.59. The Morgan fingerprint density at radius 1 is 1.19 bits per heavy atom. The monoisotopic (exact) mass is 380 g/mol.